The predicted molar refractivity (Wildman–Crippen MR) is 295 cm³/mol. The molecule has 0 bridgehead atoms. The monoisotopic (exact) mass is 1300 g/mol. The van der Waals surface area contributed by atoms with Crippen LogP contribution in [0.15, 0.2) is 182 Å². The lowest BCUT2D eigenvalue weighted by Gasteiger charge is -2.11. The summed E-state index contributed by atoms with van der Waals surface area (Å²) in [4.78, 5) is -2.69. The molecule has 84 heavy (non-hydrogen) atoms. The van der Waals surface area contributed by atoms with E-state index in [1.54, 1.807) is 6.07 Å². The number of benzene rings is 7. The van der Waals surface area contributed by atoms with Crippen molar-refractivity contribution in [3.63, 3.8) is 0 Å². The maximum atomic E-state index is 12.6. The van der Waals surface area contributed by atoms with Crippen LogP contribution in [0.1, 0.15) is 0 Å². The number of hydrogen-bond donors (Lipinski definition) is 10. The number of azo groups is 4. The van der Waals surface area contributed by atoms with Crippen molar-refractivity contribution in [3.05, 3.63) is 121 Å². The van der Waals surface area contributed by atoms with Gasteiger partial charge in [0.2, 0.25) is 0 Å². The van der Waals surface area contributed by atoms with Gasteiger partial charge in [-0.05, 0) is 96.1 Å². The van der Waals surface area contributed by atoms with Crippen molar-refractivity contribution in [1.82, 2.24) is 0 Å². The Bertz CT molecular complexity index is 4610. The summed E-state index contributed by atoms with van der Waals surface area (Å²) in [7, 11) is -28.9. The highest BCUT2D eigenvalue weighted by molar-refractivity contribution is 7.86. The van der Waals surface area contributed by atoms with Crippen LogP contribution < -0.4 is 34.4 Å². The van der Waals surface area contributed by atoms with E-state index in [-0.39, 0.29) is 73.6 Å². The van der Waals surface area contributed by atoms with Crippen LogP contribution in [0.25, 0.3) is 22.3 Å². The van der Waals surface area contributed by atoms with E-state index in [1.165, 1.54) is 84.9 Å². The maximum absolute atomic E-state index is 12.6. The Kier molecular flexibility index (Phi) is 22.1. The molecule has 0 spiro atoms. The molecule has 0 aliphatic carbocycles. The summed E-state index contributed by atoms with van der Waals surface area (Å²) in [5, 5.41) is 31.9. The Labute approximate surface area is 477 Å². The molecule has 7 rings (SSSR count). The largest absolute Gasteiger partial charge is 0.425 e. The summed E-state index contributed by atoms with van der Waals surface area (Å²) in [6.45, 7) is 0. The van der Waals surface area contributed by atoms with Crippen LogP contribution in [0.5, 0.6) is 0 Å². The SMILES string of the molecule is Nc1ccc(N=Nc2ccc(-c3ccc(N=Nc4cc(S(=O)(=O)O)c(N)c(N=Nc5ccc(-c6ccc(N=Nc7cc(S(=O)(=O)O)c(N)cc7N)cc6)c(S(=O)(=O)O)c5)c4N)cc3)c(S(=O)(=O)O)c2)c(N)c1.O=S(=O)=O.O=S(=O)=O.O=S(=O)=O. The Morgan fingerprint density at radius 1 is 0.310 bits per heavy atom. The van der Waals surface area contributed by atoms with Crippen molar-refractivity contribution in [2.45, 2.75) is 19.6 Å². The minimum Gasteiger partial charge on any atom is -0.399 e. The summed E-state index contributed by atoms with van der Waals surface area (Å²) in [6, 6.07) is 26.0. The standard InChI is InChI=1S/C42H36N14O12S4.3O3S/c43-23-5-14-33(30(44)15-23)53-51-26-10-12-28(36(16-26)69(57,58)59)22-3-8-25(9-4-22)50-55-35-20-39(72(66,67)68)41(48)42(40(35)47)56-52-27-11-13-29(37(17-27)70(60,61)62)21-1-6-24(7-2-21)49-54-34-19-38(71(63,64)65)32(46)18-31(34)45;3*1-4(2)3/h1-20H,43-48H2,(H,57,58,59)(H,60,61,62)(H,63,64,65)(H,66,67,68);;;. The molecule has 0 aliphatic heterocycles. The van der Waals surface area contributed by atoms with E-state index in [0.717, 1.165) is 30.3 Å². The van der Waals surface area contributed by atoms with Crippen LogP contribution in [-0.2, 0) is 72.3 Å². The Hall–Kier alpha value is -9.76. The first-order chi connectivity index (χ1) is 38.9. The van der Waals surface area contributed by atoms with Gasteiger partial charge in [0.05, 0.1) is 51.2 Å². The minimum absolute atomic E-state index is 0.0274. The molecule has 0 radical (unpaired) electrons. The van der Waals surface area contributed by atoms with Gasteiger partial charge in [-0.1, -0.05) is 36.4 Å². The van der Waals surface area contributed by atoms with Gasteiger partial charge in [0.1, 0.15) is 42.3 Å². The number of hydrogen-bond acceptors (Lipinski definition) is 31. The zero-order valence-corrected chi connectivity index (χ0v) is 46.9. The van der Waals surface area contributed by atoms with Gasteiger partial charge in [-0.15, -0.1) is 58.3 Å². The quantitative estimate of drug-likeness (QED) is 0.0331. The molecule has 16 N–H and O–H groups in total. The van der Waals surface area contributed by atoms with E-state index in [0.29, 0.717) is 11.3 Å². The van der Waals surface area contributed by atoms with Gasteiger partial charge >= 0.3 is 31.8 Å². The molecule has 42 heteroatoms. The number of anilines is 6. The first-order valence-electron chi connectivity index (χ1n) is 21.3. The molecule has 0 amide bonds. The zero-order chi connectivity index (χ0) is 63.2. The van der Waals surface area contributed by atoms with Crippen LogP contribution in [-0.4, -0.2) is 89.8 Å². The zero-order valence-electron chi connectivity index (χ0n) is 41.2. The lowest BCUT2D eigenvalue weighted by molar-refractivity contribution is 0.481. The van der Waals surface area contributed by atoms with E-state index in [1.807, 2.05) is 0 Å². The van der Waals surface area contributed by atoms with Crippen molar-refractivity contribution >= 4 is 152 Å². The van der Waals surface area contributed by atoms with Crippen molar-refractivity contribution in [1.29, 1.82) is 0 Å². The second-order valence-electron chi connectivity index (χ2n) is 15.6. The average molecular weight is 1300 g/mol. The minimum atomic E-state index is -5.07. The number of nitrogens with zero attached hydrogens (tertiary/aromatic N) is 8. The smallest absolute Gasteiger partial charge is 0.399 e. The van der Waals surface area contributed by atoms with Crippen LogP contribution in [0.4, 0.5) is 79.6 Å². The predicted octanol–water partition coefficient (Wildman–Crippen LogP) is 6.15. The molecule has 0 heterocycles. The third-order valence-electron chi connectivity index (χ3n) is 10.0. The van der Waals surface area contributed by atoms with Crippen LogP contribution in [0, 0.1) is 0 Å². The summed E-state index contributed by atoms with van der Waals surface area (Å²) in [6.07, 6.45) is 0. The van der Waals surface area contributed by atoms with Gasteiger partial charge in [0.15, 0.2) is 0 Å². The number of nitrogens with two attached hydrogens (primary N) is 6. The van der Waals surface area contributed by atoms with E-state index in [4.69, 9.17) is 72.3 Å². The van der Waals surface area contributed by atoms with E-state index >= 15 is 0 Å². The van der Waals surface area contributed by atoms with Crippen molar-refractivity contribution in [2.24, 2.45) is 40.9 Å². The highest BCUT2D eigenvalue weighted by Gasteiger charge is 2.24. The molecule has 0 saturated heterocycles. The maximum Gasteiger partial charge on any atom is 0.425 e. The number of nitrogen functional groups attached to an aromatic ring is 6. The van der Waals surface area contributed by atoms with Crippen LogP contribution in [0.2, 0.25) is 0 Å². The molecule has 35 nitrogen and oxygen atoms in total. The molecule has 0 aliphatic rings. The fraction of sp³-hybridized carbons (Fsp3) is 0. The Morgan fingerprint density at radius 3 is 1.06 bits per heavy atom. The van der Waals surface area contributed by atoms with Crippen molar-refractivity contribution in [2.75, 3.05) is 34.4 Å². The van der Waals surface area contributed by atoms with Crippen LogP contribution in [0.3, 0.4) is 0 Å². The second kappa shape index (κ2) is 27.8. The van der Waals surface area contributed by atoms with Gasteiger partial charge < -0.3 is 34.4 Å². The average Bonchev–Trinajstić information content (AvgIpc) is 2.51. The van der Waals surface area contributed by atoms with Gasteiger partial charge in [0, 0.05) is 16.8 Å². The molecule has 0 aromatic heterocycles. The highest BCUT2D eigenvalue weighted by Crippen LogP contribution is 2.44. The van der Waals surface area contributed by atoms with Gasteiger partial charge in [-0.25, -0.2) is 0 Å². The normalized spacial score (nSPS) is 11.8. The van der Waals surface area contributed by atoms with Gasteiger partial charge in [-0.3, -0.25) is 18.2 Å². The number of rotatable bonds is 14. The third-order valence-corrected chi connectivity index (χ3v) is 13.6. The lowest BCUT2D eigenvalue weighted by atomic mass is 10.0. The van der Waals surface area contributed by atoms with Crippen molar-refractivity contribution in [3.8, 4) is 22.3 Å². The van der Waals surface area contributed by atoms with E-state index in [2.05, 4.69) is 40.9 Å². The first-order valence-corrected chi connectivity index (χ1v) is 30.1. The summed E-state index contributed by atoms with van der Waals surface area (Å²) >= 11 is 0. The Morgan fingerprint density at radius 2 is 0.655 bits per heavy atom. The highest BCUT2D eigenvalue weighted by atomic mass is 32.2. The molecule has 7 aromatic rings. The molecular formula is C42H36N14O21S7. The molecule has 442 valence electrons. The van der Waals surface area contributed by atoms with Crippen LogP contribution >= 0.6 is 0 Å². The summed E-state index contributed by atoms with van der Waals surface area (Å²) < 4.78 is 214. The fourth-order valence-corrected chi connectivity index (χ4v) is 9.27. The summed E-state index contributed by atoms with van der Waals surface area (Å²) in [5.41, 5.74) is 34.6. The molecule has 0 saturated carbocycles. The van der Waals surface area contributed by atoms with Gasteiger partial charge in [-0.2, -0.15) is 54.1 Å². The first kappa shape index (κ1) is 66.7. The summed E-state index contributed by atoms with van der Waals surface area (Å²) in [5.74, 6) is 0. The molecule has 0 atom stereocenters. The molecule has 7 aromatic carbocycles. The van der Waals surface area contributed by atoms with Gasteiger partial charge in [0.25, 0.3) is 40.5 Å². The Balaban J connectivity index is 0.00000115. The fourth-order valence-electron chi connectivity index (χ4n) is 6.55. The van der Waals surface area contributed by atoms with E-state index in [9.17, 15) is 51.9 Å². The molecular weight excluding hydrogens is 1260 g/mol. The third kappa shape index (κ3) is 19.5. The van der Waals surface area contributed by atoms with Crippen molar-refractivity contribution < 1.29 is 89.8 Å². The van der Waals surface area contributed by atoms with E-state index < -0.39 is 109 Å². The second-order valence-corrected chi connectivity index (χ2v) is 22.4. The topological polar surface area (TPSA) is 626 Å². The molecule has 0 unspecified atom stereocenters. The molecule has 0 fully saturated rings. The lowest BCUT2D eigenvalue weighted by Crippen LogP contribution is -2.05.